The smallest absolute Gasteiger partial charge is 0.293 e. The molecule has 1 saturated heterocycles. The minimum absolute atomic E-state index is 0.145. The third kappa shape index (κ3) is 1.67. The van der Waals surface area contributed by atoms with Crippen molar-refractivity contribution in [2.75, 3.05) is 6.54 Å². The molecule has 78 valence electrons. The lowest BCUT2D eigenvalue weighted by atomic mass is 9.93. The number of ether oxygens (including phenoxy) is 1. The summed E-state index contributed by atoms with van der Waals surface area (Å²) >= 11 is 0. The summed E-state index contributed by atoms with van der Waals surface area (Å²) in [5.41, 5.74) is 10.4. The Labute approximate surface area is 74.8 Å². The Hall–Kier alpha value is -0.300. The second kappa shape index (κ2) is 3.45. The van der Waals surface area contributed by atoms with E-state index in [1.54, 1.807) is 0 Å². The third-order valence-corrected chi connectivity index (χ3v) is 2.32. The molecule has 1 aliphatic rings. The van der Waals surface area contributed by atoms with E-state index in [0.717, 1.165) is 0 Å². The van der Waals surface area contributed by atoms with Crippen LogP contribution in [0.4, 0.5) is 8.78 Å². The van der Waals surface area contributed by atoms with E-state index in [4.69, 9.17) is 21.3 Å². The van der Waals surface area contributed by atoms with Crippen molar-refractivity contribution >= 4 is 0 Å². The topological polar surface area (TPSA) is 81.5 Å². The third-order valence-electron chi connectivity index (χ3n) is 2.32. The quantitative estimate of drug-likeness (QED) is 0.505. The van der Waals surface area contributed by atoms with Crippen LogP contribution in [0.3, 0.4) is 0 Å². The average Bonchev–Trinajstić information content (AvgIpc) is 2.09. The summed E-state index contributed by atoms with van der Waals surface area (Å²) < 4.78 is 31.4. The maximum Gasteiger partial charge on any atom is 0.293 e. The van der Waals surface area contributed by atoms with Gasteiger partial charge in [-0.3, -0.25) is 0 Å². The summed E-state index contributed by atoms with van der Waals surface area (Å²) in [6, 6.07) is -1.48. The molecular weight excluding hydrogens is 182 g/mol. The van der Waals surface area contributed by atoms with Gasteiger partial charge in [0.2, 0.25) is 0 Å². The first kappa shape index (κ1) is 10.8. The maximum absolute atomic E-state index is 13.2. The van der Waals surface area contributed by atoms with Crippen LogP contribution in [0.15, 0.2) is 0 Å². The van der Waals surface area contributed by atoms with Crippen molar-refractivity contribution < 1.29 is 18.6 Å². The fourth-order valence-corrected chi connectivity index (χ4v) is 1.38. The van der Waals surface area contributed by atoms with Crippen molar-refractivity contribution in [2.45, 2.75) is 37.2 Å². The molecule has 0 aliphatic carbocycles. The van der Waals surface area contributed by atoms with Crippen molar-refractivity contribution in [2.24, 2.45) is 11.5 Å². The summed E-state index contributed by atoms with van der Waals surface area (Å²) in [5.74, 6) is -3.33. The van der Waals surface area contributed by atoms with E-state index in [-0.39, 0.29) is 6.54 Å². The van der Waals surface area contributed by atoms with Crippen LogP contribution in [0.5, 0.6) is 0 Å². The maximum atomic E-state index is 13.2. The Morgan fingerprint density at radius 2 is 2.08 bits per heavy atom. The Morgan fingerprint density at radius 3 is 2.54 bits per heavy atom. The number of hydrogen-bond acceptors (Lipinski definition) is 4. The fourth-order valence-electron chi connectivity index (χ4n) is 1.38. The summed E-state index contributed by atoms with van der Waals surface area (Å²) in [5, 5.41) is 9.15. The first-order chi connectivity index (χ1) is 5.91. The number of rotatable bonds is 1. The molecule has 0 bridgehead atoms. The van der Waals surface area contributed by atoms with E-state index < -0.39 is 30.3 Å². The normalized spacial score (nSPS) is 44.8. The highest BCUT2D eigenvalue weighted by molar-refractivity contribution is 4.99. The number of halogens is 2. The summed E-state index contributed by atoms with van der Waals surface area (Å²) in [6.45, 7) is 1.29. The lowest BCUT2D eigenvalue weighted by molar-refractivity contribution is -0.239. The molecule has 1 rings (SSSR count). The standard InChI is InChI=1S/C7H14F2N2O2/c1-3-5(11)7(8,9)6(12)4(2-10)13-3/h3-6,12H,2,10-11H2,1H3/t3-,4-,5+,6-/m1/s1. The molecule has 0 spiro atoms. The van der Waals surface area contributed by atoms with Crippen molar-refractivity contribution in [3.63, 3.8) is 0 Å². The molecule has 13 heavy (non-hydrogen) atoms. The molecular formula is C7H14F2N2O2. The zero-order valence-electron chi connectivity index (χ0n) is 7.28. The van der Waals surface area contributed by atoms with Gasteiger partial charge in [-0.05, 0) is 6.92 Å². The van der Waals surface area contributed by atoms with Gasteiger partial charge in [0.15, 0.2) is 0 Å². The molecule has 0 saturated carbocycles. The highest BCUT2D eigenvalue weighted by Crippen LogP contribution is 2.32. The van der Waals surface area contributed by atoms with Gasteiger partial charge in [-0.25, -0.2) is 8.78 Å². The zero-order chi connectivity index (χ0) is 10.2. The summed E-state index contributed by atoms with van der Waals surface area (Å²) in [4.78, 5) is 0. The van der Waals surface area contributed by atoms with Crippen LogP contribution in [0, 0.1) is 0 Å². The minimum atomic E-state index is -3.33. The van der Waals surface area contributed by atoms with Crippen molar-refractivity contribution in [3.05, 3.63) is 0 Å². The molecule has 0 aromatic carbocycles. The number of aliphatic hydroxyl groups excluding tert-OH is 1. The highest BCUT2D eigenvalue weighted by Gasteiger charge is 2.54. The van der Waals surface area contributed by atoms with E-state index in [1.807, 2.05) is 0 Å². The second-order valence-electron chi connectivity index (χ2n) is 3.26. The van der Waals surface area contributed by atoms with Gasteiger partial charge >= 0.3 is 0 Å². The van der Waals surface area contributed by atoms with Crippen LogP contribution in [0.1, 0.15) is 6.92 Å². The van der Waals surface area contributed by atoms with Gasteiger partial charge in [-0.2, -0.15) is 0 Å². The molecule has 1 heterocycles. The monoisotopic (exact) mass is 196 g/mol. The molecule has 0 amide bonds. The fraction of sp³-hybridized carbons (Fsp3) is 1.00. The predicted octanol–water partition coefficient (Wildman–Crippen LogP) is -0.944. The number of aliphatic hydroxyl groups is 1. The zero-order valence-corrected chi connectivity index (χ0v) is 7.28. The van der Waals surface area contributed by atoms with Gasteiger partial charge in [0.05, 0.1) is 12.1 Å². The minimum Gasteiger partial charge on any atom is -0.384 e. The Bertz CT molecular complexity index is 191. The molecule has 0 radical (unpaired) electrons. The molecule has 4 nitrogen and oxygen atoms in total. The Balaban J connectivity index is 2.82. The summed E-state index contributed by atoms with van der Waals surface area (Å²) in [6.07, 6.45) is -3.75. The van der Waals surface area contributed by atoms with Crippen LogP contribution in [-0.2, 0) is 4.74 Å². The van der Waals surface area contributed by atoms with E-state index in [2.05, 4.69) is 0 Å². The van der Waals surface area contributed by atoms with Crippen molar-refractivity contribution in [1.82, 2.24) is 0 Å². The molecule has 0 unspecified atom stereocenters. The lowest BCUT2D eigenvalue weighted by Crippen LogP contribution is -2.65. The SMILES string of the molecule is C[C@H]1O[C@H](CN)[C@@H](O)C(F)(F)[C@H]1N. The molecule has 1 fully saturated rings. The first-order valence-corrected chi connectivity index (χ1v) is 4.08. The average molecular weight is 196 g/mol. The van der Waals surface area contributed by atoms with Gasteiger partial charge in [-0.1, -0.05) is 0 Å². The second-order valence-corrected chi connectivity index (χ2v) is 3.26. The van der Waals surface area contributed by atoms with Gasteiger partial charge in [0.25, 0.3) is 5.92 Å². The number of alkyl halides is 2. The van der Waals surface area contributed by atoms with Crippen molar-refractivity contribution in [1.29, 1.82) is 0 Å². The lowest BCUT2D eigenvalue weighted by Gasteiger charge is -2.41. The van der Waals surface area contributed by atoms with Crippen LogP contribution in [0.2, 0.25) is 0 Å². The molecule has 0 aromatic rings. The van der Waals surface area contributed by atoms with E-state index in [1.165, 1.54) is 6.92 Å². The van der Waals surface area contributed by atoms with Crippen LogP contribution in [0.25, 0.3) is 0 Å². The van der Waals surface area contributed by atoms with E-state index in [0.29, 0.717) is 0 Å². The van der Waals surface area contributed by atoms with Gasteiger partial charge in [0, 0.05) is 6.54 Å². The Morgan fingerprint density at radius 1 is 1.54 bits per heavy atom. The van der Waals surface area contributed by atoms with Crippen LogP contribution in [-0.4, -0.2) is 41.9 Å². The van der Waals surface area contributed by atoms with E-state index >= 15 is 0 Å². The van der Waals surface area contributed by atoms with Gasteiger partial charge < -0.3 is 21.3 Å². The van der Waals surface area contributed by atoms with Crippen molar-refractivity contribution in [3.8, 4) is 0 Å². The van der Waals surface area contributed by atoms with Gasteiger partial charge in [-0.15, -0.1) is 0 Å². The first-order valence-electron chi connectivity index (χ1n) is 4.08. The summed E-state index contributed by atoms with van der Waals surface area (Å²) in [7, 11) is 0. The largest absolute Gasteiger partial charge is 0.384 e. The Kier molecular flexibility index (Phi) is 2.86. The molecule has 1 aliphatic heterocycles. The molecule has 0 aromatic heterocycles. The van der Waals surface area contributed by atoms with Gasteiger partial charge in [0.1, 0.15) is 12.2 Å². The molecule has 6 heteroatoms. The van der Waals surface area contributed by atoms with Crippen LogP contribution < -0.4 is 11.5 Å². The molecule has 5 N–H and O–H groups in total. The van der Waals surface area contributed by atoms with E-state index in [9.17, 15) is 8.78 Å². The number of nitrogens with two attached hydrogens (primary N) is 2. The predicted molar refractivity (Wildman–Crippen MR) is 42.3 cm³/mol. The molecule has 4 atom stereocenters. The van der Waals surface area contributed by atoms with Crippen LogP contribution >= 0.6 is 0 Å². The highest BCUT2D eigenvalue weighted by atomic mass is 19.3. The number of hydrogen-bond donors (Lipinski definition) is 3.